The van der Waals surface area contributed by atoms with Crippen molar-refractivity contribution in [3.05, 3.63) is 28.7 Å². The maximum absolute atomic E-state index is 12.0. The largest absolute Gasteiger partial charge is 0.481 e. The molecule has 0 saturated carbocycles. The fourth-order valence-electron chi connectivity index (χ4n) is 1.75. The van der Waals surface area contributed by atoms with Gasteiger partial charge in [0.1, 0.15) is 4.90 Å². The molecule has 0 radical (unpaired) electrons. The third-order valence-electron chi connectivity index (χ3n) is 2.91. The summed E-state index contributed by atoms with van der Waals surface area (Å²) >= 11 is 3.06. The van der Waals surface area contributed by atoms with E-state index in [-0.39, 0.29) is 22.3 Å². The van der Waals surface area contributed by atoms with Crippen molar-refractivity contribution in [3.63, 3.8) is 0 Å². The molecule has 2 amide bonds. The number of hydrogen-bond acceptors (Lipinski definition) is 5. The summed E-state index contributed by atoms with van der Waals surface area (Å²) in [4.78, 5) is 33.4. The second-order valence-corrected chi connectivity index (χ2v) is 7.33. The number of nitrogens with one attached hydrogen (secondary N) is 2. The second-order valence-electron chi connectivity index (χ2n) is 4.83. The molecule has 0 fully saturated rings. The Morgan fingerprint density at radius 1 is 1.04 bits per heavy atom. The lowest BCUT2D eigenvalue weighted by Gasteiger charge is -2.08. The van der Waals surface area contributed by atoms with Crippen LogP contribution < -0.4 is 10.0 Å². The van der Waals surface area contributed by atoms with Gasteiger partial charge in [0.2, 0.25) is 0 Å². The standard InChI is InChI=1S/C14H17BrN2O6S/c15-10-6-3-4-7-11(10)24(22,23)17-14(21)13(20)16-9-5-1-2-8-12(18)19/h3-4,6-7H,1-2,5,8-9H2,(H,16,20)(H,17,21)(H,18,19). The Bertz CT molecular complexity index is 720. The second kappa shape index (κ2) is 9.38. The normalized spacial score (nSPS) is 10.9. The fraction of sp³-hybridized carbons (Fsp3) is 0.357. The number of halogens is 1. The molecule has 0 spiro atoms. The van der Waals surface area contributed by atoms with Gasteiger partial charge in [-0.15, -0.1) is 0 Å². The third-order valence-corrected chi connectivity index (χ3v) is 5.26. The molecular weight excluding hydrogens is 404 g/mol. The zero-order valence-corrected chi connectivity index (χ0v) is 15.0. The Balaban J connectivity index is 2.45. The van der Waals surface area contributed by atoms with E-state index in [1.807, 2.05) is 0 Å². The quantitative estimate of drug-likeness (QED) is 0.425. The predicted octanol–water partition coefficient (Wildman–Crippen LogP) is 1.02. The highest BCUT2D eigenvalue weighted by Gasteiger charge is 2.23. The van der Waals surface area contributed by atoms with Crippen molar-refractivity contribution in [1.82, 2.24) is 10.0 Å². The molecule has 24 heavy (non-hydrogen) atoms. The number of hydrogen-bond donors (Lipinski definition) is 3. The van der Waals surface area contributed by atoms with Crippen molar-refractivity contribution in [2.75, 3.05) is 6.54 Å². The van der Waals surface area contributed by atoms with E-state index >= 15 is 0 Å². The van der Waals surface area contributed by atoms with Crippen LogP contribution in [0.25, 0.3) is 0 Å². The van der Waals surface area contributed by atoms with Gasteiger partial charge in [0, 0.05) is 17.4 Å². The molecule has 1 aromatic carbocycles. The molecule has 1 aromatic rings. The lowest BCUT2D eigenvalue weighted by molar-refractivity contribution is -0.138. The number of carboxylic acid groups (broad SMARTS) is 1. The maximum atomic E-state index is 12.0. The summed E-state index contributed by atoms with van der Waals surface area (Å²) in [6.45, 7) is 0.154. The van der Waals surface area contributed by atoms with Crippen LogP contribution in [0.1, 0.15) is 25.7 Å². The van der Waals surface area contributed by atoms with Crippen LogP contribution >= 0.6 is 15.9 Å². The van der Waals surface area contributed by atoms with Crippen LogP contribution in [-0.4, -0.2) is 37.9 Å². The number of rotatable bonds is 8. The number of carboxylic acids is 1. The van der Waals surface area contributed by atoms with E-state index in [4.69, 9.17) is 5.11 Å². The number of benzene rings is 1. The van der Waals surface area contributed by atoms with Crippen LogP contribution in [0, 0.1) is 0 Å². The molecule has 0 aliphatic carbocycles. The Morgan fingerprint density at radius 2 is 1.71 bits per heavy atom. The zero-order chi connectivity index (χ0) is 18.2. The summed E-state index contributed by atoms with van der Waals surface area (Å²) in [6.07, 6.45) is 1.57. The first kappa shape index (κ1) is 20.1. The van der Waals surface area contributed by atoms with E-state index in [1.54, 1.807) is 10.8 Å². The van der Waals surface area contributed by atoms with Crippen molar-refractivity contribution in [3.8, 4) is 0 Å². The Hall–Kier alpha value is -1.94. The Kier molecular flexibility index (Phi) is 7.86. The lowest BCUT2D eigenvalue weighted by atomic mass is 10.2. The maximum Gasteiger partial charge on any atom is 0.322 e. The monoisotopic (exact) mass is 420 g/mol. The molecule has 0 heterocycles. The number of amides is 2. The molecular formula is C14H17BrN2O6S. The van der Waals surface area contributed by atoms with E-state index in [9.17, 15) is 22.8 Å². The average molecular weight is 421 g/mol. The van der Waals surface area contributed by atoms with Gasteiger partial charge in [0.25, 0.3) is 10.0 Å². The molecule has 0 atom stereocenters. The highest BCUT2D eigenvalue weighted by molar-refractivity contribution is 9.10. The highest BCUT2D eigenvalue weighted by atomic mass is 79.9. The van der Waals surface area contributed by atoms with Crippen LogP contribution in [0.15, 0.2) is 33.6 Å². The number of carbonyl (C=O) groups excluding carboxylic acids is 2. The van der Waals surface area contributed by atoms with E-state index in [2.05, 4.69) is 21.2 Å². The molecule has 8 nitrogen and oxygen atoms in total. The molecule has 0 aromatic heterocycles. The van der Waals surface area contributed by atoms with Gasteiger partial charge < -0.3 is 10.4 Å². The van der Waals surface area contributed by atoms with Crippen LogP contribution in [0.4, 0.5) is 0 Å². The first-order chi connectivity index (χ1) is 11.2. The SMILES string of the molecule is O=C(O)CCCCCNC(=O)C(=O)NS(=O)(=O)c1ccccc1Br. The van der Waals surface area contributed by atoms with Crippen molar-refractivity contribution >= 4 is 43.7 Å². The summed E-state index contributed by atoms with van der Waals surface area (Å²) in [5, 5.41) is 10.8. The molecule has 0 unspecified atom stereocenters. The minimum Gasteiger partial charge on any atom is -0.481 e. The van der Waals surface area contributed by atoms with Crippen molar-refractivity contribution < 1.29 is 27.9 Å². The number of aliphatic carboxylic acids is 1. The Labute approximate surface area is 147 Å². The first-order valence-electron chi connectivity index (χ1n) is 7.05. The molecule has 0 saturated heterocycles. The van der Waals surface area contributed by atoms with Gasteiger partial charge in [-0.05, 0) is 40.9 Å². The van der Waals surface area contributed by atoms with E-state index in [1.165, 1.54) is 18.2 Å². The van der Waals surface area contributed by atoms with Crippen molar-refractivity contribution in [2.45, 2.75) is 30.6 Å². The van der Waals surface area contributed by atoms with Gasteiger partial charge in [0.15, 0.2) is 0 Å². The van der Waals surface area contributed by atoms with Gasteiger partial charge >= 0.3 is 17.8 Å². The summed E-state index contributed by atoms with van der Waals surface area (Å²) in [6, 6.07) is 5.89. The molecule has 0 aliphatic heterocycles. The smallest absolute Gasteiger partial charge is 0.322 e. The van der Waals surface area contributed by atoms with Gasteiger partial charge in [-0.25, -0.2) is 13.1 Å². The van der Waals surface area contributed by atoms with Crippen LogP contribution in [0.5, 0.6) is 0 Å². The minimum atomic E-state index is -4.16. The summed E-state index contributed by atoms with van der Waals surface area (Å²) in [5.74, 6) is -3.24. The van der Waals surface area contributed by atoms with Crippen LogP contribution in [-0.2, 0) is 24.4 Å². The summed E-state index contributed by atoms with van der Waals surface area (Å²) in [7, 11) is -4.16. The molecule has 0 aliphatic rings. The third kappa shape index (κ3) is 6.67. The zero-order valence-electron chi connectivity index (χ0n) is 12.6. The molecule has 3 N–H and O–H groups in total. The summed E-state index contributed by atoms with van der Waals surface area (Å²) in [5.41, 5.74) is 0. The van der Waals surface area contributed by atoms with Crippen molar-refractivity contribution in [2.24, 2.45) is 0 Å². The first-order valence-corrected chi connectivity index (χ1v) is 9.33. The minimum absolute atomic E-state index is 0.0403. The van der Waals surface area contributed by atoms with Gasteiger partial charge in [-0.2, -0.15) is 0 Å². The van der Waals surface area contributed by atoms with E-state index < -0.39 is 27.8 Å². The average Bonchev–Trinajstić information content (AvgIpc) is 2.50. The van der Waals surface area contributed by atoms with Crippen LogP contribution in [0.2, 0.25) is 0 Å². The van der Waals surface area contributed by atoms with E-state index in [0.717, 1.165) is 0 Å². The predicted molar refractivity (Wildman–Crippen MR) is 88.6 cm³/mol. The van der Waals surface area contributed by atoms with Gasteiger partial charge in [-0.3, -0.25) is 14.4 Å². The fourth-order valence-corrected chi connectivity index (χ4v) is 3.70. The number of carbonyl (C=O) groups is 3. The topological polar surface area (TPSA) is 130 Å². The summed E-state index contributed by atoms with van der Waals surface area (Å²) < 4.78 is 26.1. The number of sulfonamides is 1. The highest BCUT2D eigenvalue weighted by Crippen LogP contribution is 2.20. The molecule has 1 rings (SSSR count). The molecule has 0 bridgehead atoms. The van der Waals surface area contributed by atoms with Gasteiger partial charge in [-0.1, -0.05) is 18.6 Å². The Morgan fingerprint density at radius 3 is 2.33 bits per heavy atom. The number of unbranched alkanes of at least 4 members (excludes halogenated alkanes) is 2. The van der Waals surface area contributed by atoms with Crippen molar-refractivity contribution in [1.29, 1.82) is 0 Å². The van der Waals surface area contributed by atoms with Gasteiger partial charge in [0.05, 0.1) is 0 Å². The van der Waals surface area contributed by atoms with E-state index in [0.29, 0.717) is 19.3 Å². The lowest BCUT2D eigenvalue weighted by Crippen LogP contribution is -2.42. The van der Waals surface area contributed by atoms with Crippen LogP contribution in [0.3, 0.4) is 0 Å². The molecule has 10 heteroatoms. The molecule has 132 valence electrons.